The monoisotopic (exact) mass is 266 g/mol. The fourth-order valence-corrected chi connectivity index (χ4v) is 2.51. The molecule has 3 nitrogen and oxygen atoms in total. The number of imidazole rings is 1. The Morgan fingerprint density at radius 1 is 1.05 bits per heavy atom. The summed E-state index contributed by atoms with van der Waals surface area (Å²) in [5, 5.41) is 9.51. The molecule has 102 valence electrons. The van der Waals surface area contributed by atoms with Crippen LogP contribution >= 0.6 is 0 Å². The molecule has 1 N–H and O–H groups in total. The van der Waals surface area contributed by atoms with E-state index in [1.54, 1.807) is 0 Å². The van der Waals surface area contributed by atoms with Crippen molar-refractivity contribution in [3.05, 3.63) is 65.0 Å². The van der Waals surface area contributed by atoms with E-state index in [2.05, 4.69) is 41.6 Å². The highest BCUT2D eigenvalue weighted by atomic mass is 16.3. The van der Waals surface area contributed by atoms with Gasteiger partial charge in [0.15, 0.2) is 0 Å². The molecule has 0 spiro atoms. The number of para-hydroxylation sites is 2. The molecule has 0 aliphatic carbocycles. The summed E-state index contributed by atoms with van der Waals surface area (Å²) in [7, 11) is 0. The van der Waals surface area contributed by atoms with E-state index >= 15 is 0 Å². The highest BCUT2D eigenvalue weighted by Crippen LogP contribution is 2.19. The minimum Gasteiger partial charge on any atom is -0.388 e. The van der Waals surface area contributed by atoms with Gasteiger partial charge in [0.05, 0.1) is 11.0 Å². The van der Waals surface area contributed by atoms with E-state index in [-0.39, 0.29) is 6.61 Å². The molecule has 0 aliphatic rings. The van der Waals surface area contributed by atoms with E-state index in [1.165, 1.54) is 16.7 Å². The second-order valence-electron chi connectivity index (χ2n) is 5.18. The van der Waals surface area contributed by atoms with Crippen LogP contribution in [0.5, 0.6) is 0 Å². The van der Waals surface area contributed by atoms with E-state index in [4.69, 9.17) is 0 Å². The van der Waals surface area contributed by atoms with E-state index in [1.807, 2.05) is 24.3 Å². The maximum Gasteiger partial charge on any atom is 0.136 e. The predicted molar refractivity (Wildman–Crippen MR) is 80.7 cm³/mol. The normalized spacial score (nSPS) is 11.2. The molecule has 20 heavy (non-hydrogen) atoms. The van der Waals surface area contributed by atoms with E-state index in [0.717, 1.165) is 17.6 Å². The molecule has 0 radical (unpaired) electrons. The number of benzene rings is 2. The summed E-state index contributed by atoms with van der Waals surface area (Å²) in [6.45, 7) is 4.93. The number of hydrogen-bond acceptors (Lipinski definition) is 2. The third kappa shape index (κ3) is 2.21. The van der Waals surface area contributed by atoms with Crippen LogP contribution in [0.4, 0.5) is 0 Å². The van der Waals surface area contributed by atoms with Gasteiger partial charge in [-0.15, -0.1) is 0 Å². The summed E-state index contributed by atoms with van der Waals surface area (Å²) < 4.78 is 2.08. The van der Waals surface area contributed by atoms with Crippen molar-refractivity contribution < 1.29 is 5.11 Å². The van der Waals surface area contributed by atoms with E-state index < -0.39 is 0 Å². The average molecular weight is 266 g/mol. The molecule has 0 amide bonds. The van der Waals surface area contributed by atoms with Gasteiger partial charge in [-0.2, -0.15) is 0 Å². The molecule has 0 saturated heterocycles. The largest absolute Gasteiger partial charge is 0.388 e. The fraction of sp³-hybridized carbons (Fsp3) is 0.235. The molecule has 1 heterocycles. The van der Waals surface area contributed by atoms with Crippen molar-refractivity contribution in [1.29, 1.82) is 0 Å². The van der Waals surface area contributed by atoms with Gasteiger partial charge in [0.25, 0.3) is 0 Å². The van der Waals surface area contributed by atoms with Crippen molar-refractivity contribution in [2.45, 2.75) is 27.0 Å². The molecule has 0 saturated carbocycles. The lowest BCUT2D eigenvalue weighted by Crippen LogP contribution is -2.05. The number of fused-ring (bicyclic) bond motifs is 1. The molecule has 1 aromatic heterocycles. The lowest BCUT2D eigenvalue weighted by atomic mass is 10.1. The van der Waals surface area contributed by atoms with Crippen LogP contribution in [-0.4, -0.2) is 14.7 Å². The maximum atomic E-state index is 9.51. The highest BCUT2D eigenvalue weighted by molar-refractivity contribution is 5.76. The number of rotatable bonds is 3. The van der Waals surface area contributed by atoms with Gasteiger partial charge in [0.1, 0.15) is 12.4 Å². The van der Waals surface area contributed by atoms with Crippen molar-refractivity contribution in [1.82, 2.24) is 9.55 Å². The Morgan fingerprint density at radius 3 is 2.60 bits per heavy atom. The first-order valence-electron chi connectivity index (χ1n) is 6.80. The number of aromatic nitrogens is 2. The lowest BCUT2D eigenvalue weighted by molar-refractivity contribution is 0.267. The summed E-state index contributed by atoms with van der Waals surface area (Å²) in [4.78, 5) is 4.48. The first-order chi connectivity index (χ1) is 9.69. The second-order valence-corrected chi connectivity index (χ2v) is 5.18. The van der Waals surface area contributed by atoms with Gasteiger partial charge in [-0.05, 0) is 42.7 Å². The molecule has 0 fully saturated rings. The van der Waals surface area contributed by atoms with Crippen LogP contribution in [0.2, 0.25) is 0 Å². The number of aliphatic hydroxyl groups excluding tert-OH is 1. The zero-order valence-corrected chi connectivity index (χ0v) is 11.8. The van der Waals surface area contributed by atoms with E-state index in [0.29, 0.717) is 5.82 Å². The topological polar surface area (TPSA) is 38.0 Å². The van der Waals surface area contributed by atoms with Crippen LogP contribution < -0.4 is 0 Å². The fourth-order valence-electron chi connectivity index (χ4n) is 2.51. The summed E-state index contributed by atoms with van der Waals surface area (Å²) in [5.41, 5.74) is 5.81. The van der Waals surface area contributed by atoms with Gasteiger partial charge in [-0.3, -0.25) is 0 Å². The third-order valence-corrected chi connectivity index (χ3v) is 3.79. The molecule has 3 heteroatoms. The zero-order chi connectivity index (χ0) is 14.1. The second kappa shape index (κ2) is 5.10. The number of nitrogens with zero attached hydrogens (tertiary/aromatic N) is 2. The van der Waals surface area contributed by atoms with Crippen molar-refractivity contribution in [2.24, 2.45) is 0 Å². The summed E-state index contributed by atoms with van der Waals surface area (Å²) in [6.07, 6.45) is 0. The number of aliphatic hydroxyl groups is 1. The average Bonchev–Trinajstić information content (AvgIpc) is 2.81. The molecular formula is C17H18N2O. The molecule has 2 aromatic carbocycles. The van der Waals surface area contributed by atoms with E-state index in [9.17, 15) is 5.11 Å². The Kier molecular flexibility index (Phi) is 3.28. The van der Waals surface area contributed by atoms with Crippen molar-refractivity contribution in [3.63, 3.8) is 0 Å². The van der Waals surface area contributed by atoms with Gasteiger partial charge < -0.3 is 9.67 Å². The molecule has 0 atom stereocenters. The highest BCUT2D eigenvalue weighted by Gasteiger charge is 2.10. The van der Waals surface area contributed by atoms with Crippen molar-refractivity contribution >= 4 is 11.0 Å². The number of hydrogen-bond donors (Lipinski definition) is 1. The molecule has 3 aromatic rings. The van der Waals surface area contributed by atoms with Gasteiger partial charge in [0.2, 0.25) is 0 Å². The first kappa shape index (κ1) is 12.9. The van der Waals surface area contributed by atoms with Gasteiger partial charge in [-0.1, -0.05) is 30.3 Å². The van der Waals surface area contributed by atoms with Crippen LogP contribution in [0.3, 0.4) is 0 Å². The standard InChI is InChI=1S/C17H18N2O/c1-12-7-8-14(9-13(12)2)10-19-16-6-4-3-5-15(16)18-17(19)11-20/h3-9,20H,10-11H2,1-2H3. The van der Waals surface area contributed by atoms with Crippen molar-refractivity contribution in [3.8, 4) is 0 Å². The third-order valence-electron chi connectivity index (χ3n) is 3.79. The molecule has 0 bridgehead atoms. The van der Waals surface area contributed by atoms with Gasteiger partial charge in [0, 0.05) is 6.54 Å². The van der Waals surface area contributed by atoms with Crippen LogP contribution in [0.15, 0.2) is 42.5 Å². The SMILES string of the molecule is Cc1ccc(Cn2c(CO)nc3ccccc32)cc1C. The Morgan fingerprint density at radius 2 is 1.85 bits per heavy atom. The van der Waals surface area contributed by atoms with Gasteiger partial charge >= 0.3 is 0 Å². The number of aryl methyl sites for hydroxylation is 2. The minimum atomic E-state index is -0.0421. The molecular weight excluding hydrogens is 248 g/mol. The lowest BCUT2D eigenvalue weighted by Gasteiger charge is -2.10. The summed E-state index contributed by atoms with van der Waals surface area (Å²) in [5.74, 6) is 0.712. The maximum absolute atomic E-state index is 9.51. The Hall–Kier alpha value is -2.13. The Balaban J connectivity index is 2.07. The first-order valence-corrected chi connectivity index (χ1v) is 6.80. The van der Waals surface area contributed by atoms with Crippen LogP contribution in [0, 0.1) is 13.8 Å². The predicted octanol–water partition coefficient (Wildman–Crippen LogP) is 3.19. The molecule has 0 unspecified atom stereocenters. The van der Waals surface area contributed by atoms with Gasteiger partial charge in [-0.25, -0.2) is 4.98 Å². The minimum absolute atomic E-state index is 0.0421. The zero-order valence-electron chi connectivity index (χ0n) is 11.8. The summed E-state index contributed by atoms with van der Waals surface area (Å²) >= 11 is 0. The van der Waals surface area contributed by atoms with Crippen LogP contribution in [0.1, 0.15) is 22.5 Å². The smallest absolute Gasteiger partial charge is 0.136 e. The van der Waals surface area contributed by atoms with Crippen LogP contribution in [0.25, 0.3) is 11.0 Å². The summed E-state index contributed by atoms with van der Waals surface area (Å²) in [6, 6.07) is 14.5. The van der Waals surface area contributed by atoms with Crippen molar-refractivity contribution in [2.75, 3.05) is 0 Å². The Bertz CT molecular complexity index is 759. The Labute approximate surface area is 118 Å². The molecule has 3 rings (SSSR count). The quantitative estimate of drug-likeness (QED) is 0.790. The molecule has 0 aliphatic heterocycles. The van der Waals surface area contributed by atoms with Crippen LogP contribution in [-0.2, 0) is 13.2 Å².